The van der Waals surface area contributed by atoms with Crippen LogP contribution in [-0.4, -0.2) is 30.0 Å². The van der Waals surface area contributed by atoms with Crippen molar-refractivity contribution in [1.82, 2.24) is 10.2 Å². The highest BCUT2D eigenvalue weighted by molar-refractivity contribution is 6.55. The molecule has 1 heterocycles. The molecule has 0 atom stereocenters. The fourth-order valence-electron chi connectivity index (χ4n) is 2.75. The maximum Gasteiger partial charge on any atom is 0.416 e. The second kappa shape index (κ2) is 12.5. The van der Waals surface area contributed by atoms with Crippen LogP contribution in [0, 0.1) is 0 Å². The zero-order valence-corrected chi connectivity index (χ0v) is 20.8. The van der Waals surface area contributed by atoms with Crippen molar-refractivity contribution >= 4 is 46.4 Å². The lowest BCUT2D eigenvalue weighted by Gasteiger charge is -2.12. The van der Waals surface area contributed by atoms with Gasteiger partial charge in [-0.15, -0.1) is 10.2 Å². The zero-order chi connectivity index (χ0) is 25.4. The van der Waals surface area contributed by atoms with Crippen molar-refractivity contribution in [3.63, 3.8) is 0 Å². The molecule has 0 amide bonds. The van der Waals surface area contributed by atoms with Gasteiger partial charge in [-0.25, -0.2) is 0 Å². The number of rotatable bonds is 10. The van der Waals surface area contributed by atoms with E-state index in [2.05, 4.69) is 10.2 Å². The van der Waals surface area contributed by atoms with Crippen LogP contribution < -0.4 is 14.2 Å². The molecule has 0 aliphatic heterocycles. The standard InChI is InChI=1S/C23H17Cl4F3N2O3/c24-17-12-16(33-11-8-20(26)27)13-18(25)22(17)35-10-1-9-34-21-7-6-19(31-32-21)14-2-4-15(5-3-14)23(28,29)30/h2-8,12-13H,1,9-11H2. The van der Waals surface area contributed by atoms with Crippen molar-refractivity contribution in [3.05, 3.63) is 74.7 Å². The van der Waals surface area contributed by atoms with E-state index in [0.29, 0.717) is 29.2 Å². The van der Waals surface area contributed by atoms with E-state index in [-0.39, 0.29) is 40.2 Å². The topological polar surface area (TPSA) is 53.5 Å². The third-order valence-electron chi connectivity index (χ3n) is 4.39. The number of benzene rings is 2. The SMILES string of the molecule is FC(F)(F)c1ccc(-c2ccc(OCCCOc3c(Cl)cc(OCC=C(Cl)Cl)cc3Cl)nn2)cc1. The quantitative estimate of drug-likeness (QED) is 0.232. The first-order valence-corrected chi connectivity index (χ1v) is 11.5. The number of hydrogen-bond acceptors (Lipinski definition) is 5. The van der Waals surface area contributed by atoms with Crippen LogP contribution in [0.1, 0.15) is 12.0 Å². The van der Waals surface area contributed by atoms with E-state index in [1.165, 1.54) is 18.2 Å². The molecule has 0 saturated carbocycles. The summed E-state index contributed by atoms with van der Waals surface area (Å²) in [6.07, 6.45) is -2.42. The Morgan fingerprint density at radius 3 is 2.09 bits per heavy atom. The molecule has 3 rings (SSSR count). The highest BCUT2D eigenvalue weighted by Gasteiger charge is 2.30. The van der Waals surface area contributed by atoms with Crippen LogP contribution in [0.15, 0.2) is 59.1 Å². The smallest absolute Gasteiger partial charge is 0.416 e. The van der Waals surface area contributed by atoms with Gasteiger partial charge in [0.15, 0.2) is 5.75 Å². The first-order chi connectivity index (χ1) is 16.6. The average molecular weight is 568 g/mol. The lowest BCUT2D eigenvalue weighted by molar-refractivity contribution is -0.137. The number of alkyl halides is 3. The minimum Gasteiger partial charge on any atom is -0.490 e. The summed E-state index contributed by atoms with van der Waals surface area (Å²) in [4.78, 5) is 0. The maximum absolute atomic E-state index is 12.7. The highest BCUT2D eigenvalue weighted by Crippen LogP contribution is 2.37. The monoisotopic (exact) mass is 566 g/mol. The predicted octanol–water partition coefficient (Wildman–Crippen LogP) is 8.01. The van der Waals surface area contributed by atoms with E-state index in [9.17, 15) is 13.2 Å². The second-order valence-corrected chi connectivity index (χ2v) is 8.73. The van der Waals surface area contributed by atoms with Gasteiger partial charge in [-0.1, -0.05) is 58.5 Å². The molecule has 1 aromatic heterocycles. The summed E-state index contributed by atoms with van der Waals surface area (Å²) in [5, 5.41) is 8.49. The molecule has 0 radical (unpaired) electrons. The Bertz CT molecular complexity index is 1130. The van der Waals surface area contributed by atoms with Gasteiger partial charge in [0.25, 0.3) is 0 Å². The summed E-state index contributed by atoms with van der Waals surface area (Å²) in [6.45, 7) is 0.693. The van der Waals surface area contributed by atoms with Crippen molar-refractivity contribution in [2.45, 2.75) is 12.6 Å². The Balaban J connectivity index is 1.45. The third-order valence-corrected chi connectivity index (χ3v) is 5.26. The van der Waals surface area contributed by atoms with Gasteiger partial charge in [-0.05, 0) is 24.3 Å². The van der Waals surface area contributed by atoms with E-state index in [1.54, 1.807) is 24.3 Å². The van der Waals surface area contributed by atoms with Gasteiger partial charge in [0.2, 0.25) is 5.88 Å². The fraction of sp³-hybridized carbons (Fsp3) is 0.217. The molecule has 0 spiro atoms. The summed E-state index contributed by atoms with van der Waals surface area (Å²) in [6, 6.07) is 11.0. The molecule has 0 aliphatic carbocycles. The Morgan fingerprint density at radius 1 is 0.857 bits per heavy atom. The van der Waals surface area contributed by atoms with Gasteiger partial charge < -0.3 is 14.2 Å². The molecule has 35 heavy (non-hydrogen) atoms. The van der Waals surface area contributed by atoms with Crippen LogP contribution in [0.5, 0.6) is 17.4 Å². The van der Waals surface area contributed by atoms with E-state index < -0.39 is 11.7 Å². The second-order valence-electron chi connectivity index (χ2n) is 6.90. The van der Waals surface area contributed by atoms with Crippen LogP contribution >= 0.6 is 46.4 Å². The lowest BCUT2D eigenvalue weighted by Crippen LogP contribution is -2.07. The number of nitrogens with zero attached hydrogens (tertiary/aromatic N) is 2. The van der Waals surface area contributed by atoms with E-state index >= 15 is 0 Å². The molecule has 0 fully saturated rings. The molecule has 0 saturated heterocycles. The van der Waals surface area contributed by atoms with Crippen molar-refractivity contribution in [2.24, 2.45) is 0 Å². The Morgan fingerprint density at radius 2 is 1.51 bits per heavy atom. The normalized spacial score (nSPS) is 11.2. The van der Waals surface area contributed by atoms with Crippen molar-refractivity contribution in [2.75, 3.05) is 19.8 Å². The average Bonchev–Trinajstić information content (AvgIpc) is 2.80. The van der Waals surface area contributed by atoms with Gasteiger partial charge in [0.05, 0.1) is 34.5 Å². The number of halogens is 7. The molecule has 12 heteroatoms. The van der Waals surface area contributed by atoms with Crippen molar-refractivity contribution in [1.29, 1.82) is 0 Å². The highest BCUT2D eigenvalue weighted by atomic mass is 35.5. The molecule has 5 nitrogen and oxygen atoms in total. The minimum atomic E-state index is -4.39. The van der Waals surface area contributed by atoms with Crippen molar-refractivity contribution in [3.8, 4) is 28.6 Å². The summed E-state index contributed by atoms with van der Waals surface area (Å²) in [7, 11) is 0. The Kier molecular flexibility index (Phi) is 9.74. The van der Waals surface area contributed by atoms with Gasteiger partial charge >= 0.3 is 6.18 Å². The number of aromatic nitrogens is 2. The fourth-order valence-corrected chi connectivity index (χ4v) is 3.45. The Labute approximate surface area is 219 Å². The molecule has 3 aromatic rings. The van der Waals surface area contributed by atoms with Gasteiger partial charge in [-0.2, -0.15) is 13.2 Å². The third kappa shape index (κ3) is 8.35. The van der Waals surface area contributed by atoms with E-state index in [0.717, 1.165) is 12.1 Å². The molecular weight excluding hydrogens is 551 g/mol. The molecule has 0 bridgehead atoms. The molecule has 0 aliphatic rings. The summed E-state index contributed by atoms with van der Waals surface area (Å²) in [5.74, 6) is 1.01. The largest absolute Gasteiger partial charge is 0.490 e. The lowest BCUT2D eigenvalue weighted by atomic mass is 10.1. The first-order valence-electron chi connectivity index (χ1n) is 10.0. The Hall–Kier alpha value is -2.39. The molecule has 2 aromatic carbocycles. The van der Waals surface area contributed by atoms with Crippen LogP contribution in [0.4, 0.5) is 13.2 Å². The number of hydrogen-bond donors (Lipinski definition) is 0. The van der Waals surface area contributed by atoms with Crippen LogP contribution in [-0.2, 0) is 6.18 Å². The van der Waals surface area contributed by atoms with Crippen LogP contribution in [0.3, 0.4) is 0 Å². The summed E-state index contributed by atoms with van der Waals surface area (Å²) >= 11 is 23.5. The molecular formula is C23H17Cl4F3N2O3. The van der Waals surface area contributed by atoms with E-state index in [4.69, 9.17) is 60.6 Å². The summed E-state index contributed by atoms with van der Waals surface area (Å²) < 4.78 is 54.7. The van der Waals surface area contributed by atoms with Crippen molar-refractivity contribution < 1.29 is 27.4 Å². The van der Waals surface area contributed by atoms with Gasteiger partial charge in [-0.3, -0.25) is 0 Å². The first kappa shape index (κ1) is 27.2. The molecule has 186 valence electrons. The zero-order valence-electron chi connectivity index (χ0n) is 17.8. The summed E-state index contributed by atoms with van der Waals surface area (Å²) in [5.41, 5.74) is 0.205. The number of ether oxygens (including phenoxy) is 3. The predicted molar refractivity (Wildman–Crippen MR) is 130 cm³/mol. The molecule has 0 unspecified atom stereocenters. The van der Waals surface area contributed by atoms with Gasteiger partial charge in [0, 0.05) is 30.2 Å². The van der Waals surface area contributed by atoms with Crippen LogP contribution in [0.2, 0.25) is 10.0 Å². The maximum atomic E-state index is 12.7. The molecule has 0 N–H and O–H groups in total. The van der Waals surface area contributed by atoms with E-state index in [1.807, 2.05) is 0 Å². The van der Waals surface area contributed by atoms with Crippen LogP contribution in [0.25, 0.3) is 11.3 Å². The minimum absolute atomic E-state index is 0.0884. The van der Waals surface area contributed by atoms with Gasteiger partial charge in [0.1, 0.15) is 16.8 Å².